The van der Waals surface area contributed by atoms with E-state index in [2.05, 4.69) is 15.9 Å². The van der Waals surface area contributed by atoms with Gasteiger partial charge in [-0.2, -0.15) is 0 Å². The summed E-state index contributed by atoms with van der Waals surface area (Å²) in [5.74, 6) is -0.433. The van der Waals surface area contributed by atoms with Crippen LogP contribution in [0.2, 0.25) is 0 Å². The summed E-state index contributed by atoms with van der Waals surface area (Å²) in [5, 5.41) is 8.97. The molecule has 1 aliphatic rings. The van der Waals surface area contributed by atoms with Crippen molar-refractivity contribution in [1.29, 1.82) is 0 Å². The summed E-state index contributed by atoms with van der Waals surface area (Å²) in [6.07, 6.45) is 2.63. The molecule has 0 aliphatic carbocycles. The van der Waals surface area contributed by atoms with Crippen LogP contribution >= 0.6 is 15.9 Å². The van der Waals surface area contributed by atoms with Crippen LogP contribution in [-0.2, 0) is 0 Å². The number of amides is 1. The van der Waals surface area contributed by atoms with Gasteiger partial charge in [0.05, 0.1) is 5.56 Å². The fourth-order valence-electron chi connectivity index (χ4n) is 2.50. The van der Waals surface area contributed by atoms with Crippen molar-refractivity contribution in [2.24, 2.45) is 5.92 Å². The smallest absolute Gasteiger partial charge is 0.256 e. The van der Waals surface area contributed by atoms with E-state index in [1.165, 1.54) is 12.1 Å². The third-order valence-corrected chi connectivity index (χ3v) is 4.00. The Balaban J connectivity index is 2.10. The molecule has 1 unspecified atom stereocenters. The first-order valence-electron chi connectivity index (χ1n) is 6.47. The highest BCUT2D eigenvalue weighted by molar-refractivity contribution is 9.10. The fraction of sp³-hybridized carbons (Fsp3) is 0.500. The minimum Gasteiger partial charge on any atom is -0.396 e. The monoisotopic (exact) mass is 329 g/mol. The zero-order valence-electron chi connectivity index (χ0n) is 10.6. The maximum Gasteiger partial charge on any atom is 0.256 e. The van der Waals surface area contributed by atoms with Gasteiger partial charge in [-0.25, -0.2) is 4.39 Å². The Morgan fingerprint density at radius 3 is 3.00 bits per heavy atom. The van der Waals surface area contributed by atoms with Gasteiger partial charge in [0.25, 0.3) is 5.91 Å². The van der Waals surface area contributed by atoms with Gasteiger partial charge in [0.15, 0.2) is 0 Å². The van der Waals surface area contributed by atoms with Crippen molar-refractivity contribution in [3.63, 3.8) is 0 Å². The van der Waals surface area contributed by atoms with Crippen LogP contribution in [0.1, 0.15) is 29.6 Å². The van der Waals surface area contributed by atoms with E-state index in [4.69, 9.17) is 5.11 Å². The molecule has 1 heterocycles. The van der Waals surface area contributed by atoms with Crippen molar-refractivity contribution in [2.45, 2.75) is 19.3 Å². The van der Waals surface area contributed by atoms with E-state index < -0.39 is 5.82 Å². The van der Waals surface area contributed by atoms with Crippen LogP contribution in [0.4, 0.5) is 4.39 Å². The van der Waals surface area contributed by atoms with Crippen molar-refractivity contribution in [1.82, 2.24) is 4.90 Å². The Morgan fingerprint density at radius 2 is 2.32 bits per heavy atom. The van der Waals surface area contributed by atoms with Gasteiger partial charge in [-0.3, -0.25) is 4.79 Å². The lowest BCUT2D eigenvalue weighted by molar-refractivity contribution is 0.0649. The summed E-state index contributed by atoms with van der Waals surface area (Å²) in [5.41, 5.74) is 0.118. The second kappa shape index (κ2) is 6.48. The predicted molar refractivity (Wildman–Crippen MR) is 74.4 cm³/mol. The molecule has 0 spiro atoms. The van der Waals surface area contributed by atoms with Gasteiger partial charge in [0, 0.05) is 24.2 Å². The Hall–Kier alpha value is -0.940. The maximum absolute atomic E-state index is 13.8. The molecule has 1 saturated heterocycles. The summed E-state index contributed by atoms with van der Waals surface area (Å²) < 4.78 is 14.4. The molecule has 1 aromatic carbocycles. The first kappa shape index (κ1) is 14.5. The van der Waals surface area contributed by atoms with Crippen LogP contribution in [0.25, 0.3) is 0 Å². The maximum atomic E-state index is 13.8. The highest BCUT2D eigenvalue weighted by Gasteiger charge is 2.25. The highest BCUT2D eigenvalue weighted by atomic mass is 79.9. The lowest BCUT2D eigenvalue weighted by Crippen LogP contribution is -2.40. The largest absolute Gasteiger partial charge is 0.396 e. The quantitative estimate of drug-likeness (QED) is 0.926. The molecular formula is C14H17BrFNO2. The van der Waals surface area contributed by atoms with E-state index in [0.717, 1.165) is 12.8 Å². The number of carbonyl (C=O) groups excluding carboxylic acids is 1. The third-order valence-electron chi connectivity index (χ3n) is 3.51. The number of benzene rings is 1. The minimum absolute atomic E-state index is 0.118. The molecule has 0 radical (unpaired) electrons. The molecule has 1 fully saturated rings. The average Bonchev–Trinajstić information content (AvgIpc) is 2.39. The molecule has 3 nitrogen and oxygen atoms in total. The molecule has 2 rings (SSSR count). The lowest BCUT2D eigenvalue weighted by Gasteiger charge is -2.32. The van der Waals surface area contributed by atoms with Gasteiger partial charge < -0.3 is 10.0 Å². The van der Waals surface area contributed by atoms with E-state index in [-0.39, 0.29) is 18.1 Å². The van der Waals surface area contributed by atoms with Crippen LogP contribution in [-0.4, -0.2) is 35.6 Å². The van der Waals surface area contributed by atoms with Gasteiger partial charge in [-0.1, -0.05) is 15.9 Å². The second-order valence-corrected chi connectivity index (χ2v) is 5.81. The summed E-state index contributed by atoms with van der Waals surface area (Å²) in [6, 6.07) is 4.49. The van der Waals surface area contributed by atoms with Crippen LogP contribution in [0, 0.1) is 11.7 Å². The molecule has 0 saturated carbocycles. The number of rotatable bonds is 3. The number of aliphatic hydroxyl groups excluding tert-OH is 1. The number of piperidine rings is 1. The SMILES string of the molecule is O=C(c1ccc(Br)cc1F)N1CCCC(CCO)C1. The van der Waals surface area contributed by atoms with Crippen molar-refractivity contribution >= 4 is 21.8 Å². The van der Waals surface area contributed by atoms with E-state index in [1.807, 2.05) is 0 Å². The van der Waals surface area contributed by atoms with Gasteiger partial charge in [0.1, 0.15) is 5.82 Å². The average molecular weight is 330 g/mol. The second-order valence-electron chi connectivity index (χ2n) is 4.90. The van der Waals surface area contributed by atoms with Crippen molar-refractivity contribution in [3.8, 4) is 0 Å². The number of hydrogen-bond donors (Lipinski definition) is 1. The highest BCUT2D eigenvalue weighted by Crippen LogP contribution is 2.23. The lowest BCUT2D eigenvalue weighted by atomic mass is 9.94. The molecular weight excluding hydrogens is 313 g/mol. The van der Waals surface area contributed by atoms with Gasteiger partial charge in [-0.05, 0) is 43.4 Å². The number of aliphatic hydroxyl groups is 1. The van der Waals surface area contributed by atoms with Crippen molar-refractivity contribution in [2.75, 3.05) is 19.7 Å². The Kier molecular flexibility index (Phi) is 4.93. The molecule has 19 heavy (non-hydrogen) atoms. The Morgan fingerprint density at radius 1 is 1.53 bits per heavy atom. The number of nitrogens with zero attached hydrogens (tertiary/aromatic N) is 1. The number of likely N-dealkylation sites (tertiary alicyclic amines) is 1. The molecule has 1 amide bonds. The Bertz CT molecular complexity index is 465. The summed E-state index contributed by atoms with van der Waals surface area (Å²) in [6.45, 7) is 1.41. The molecule has 1 aromatic rings. The van der Waals surface area contributed by atoms with Crippen LogP contribution in [0.15, 0.2) is 22.7 Å². The Labute approximate surface area is 120 Å². The number of hydrogen-bond acceptors (Lipinski definition) is 2. The molecule has 0 bridgehead atoms. The van der Waals surface area contributed by atoms with Crippen molar-refractivity contribution in [3.05, 3.63) is 34.1 Å². The van der Waals surface area contributed by atoms with Gasteiger partial charge in [0.2, 0.25) is 0 Å². The van der Waals surface area contributed by atoms with E-state index >= 15 is 0 Å². The van der Waals surface area contributed by atoms with Crippen LogP contribution in [0.5, 0.6) is 0 Å². The van der Waals surface area contributed by atoms with Gasteiger partial charge in [-0.15, -0.1) is 0 Å². The number of carbonyl (C=O) groups is 1. The molecule has 104 valence electrons. The summed E-state index contributed by atoms with van der Waals surface area (Å²) in [4.78, 5) is 14.0. The standard InChI is InChI=1S/C14H17BrFNO2/c15-11-3-4-12(13(16)8-11)14(19)17-6-1-2-10(9-17)5-7-18/h3-4,8,10,18H,1-2,5-7,9H2. The topological polar surface area (TPSA) is 40.5 Å². The van der Waals surface area contributed by atoms with E-state index in [1.54, 1.807) is 11.0 Å². The van der Waals surface area contributed by atoms with Crippen LogP contribution < -0.4 is 0 Å². The first-order chi connectivity index (χ1) is 9.11. The molecule has 1 atom stereocenters. The molecule has 1 aliphatic heterocycles. The zero-order chi connectivity index (χ0) is 13.8. The third kappa shape index (κ3) is 3.54. The van der Waals surface area contributed by atoms with E-state index in [0.29, 0.717) is 29.9 Å². The normalized spacial score (nSPS) is 19.5. The molecule has 1 N–H and O–H groups in total. The summed E-state index contributed by atoms with van der Waals surface area (Å²) >= 11 is 3.18. The van der Waals surface area contributed by atoms with E-state index in [9.17, 15) is 9.18 Å². The summed E-state index contributed by atoms with van der Waals surface area (Å²) in [7, 11) is 0. The number of halogens is 2. The molecule has 5 heteroatoms. The van der Waals surface area contributed by atoms with Crippen molar-refractivity contribution < 1.29 is 14.3 Å². The fourth-order valence-corrected chi connectivity index (χ4v) is 2.83. The zero-order valence-corrected chi connectivity index (χ0v) is 12.2. The predicted octanol–water partition coefficient (Wildman–Crippen LogP) is 2.82. The first-order valence-corrected chi connectivity index (χ1v) is 7.26. The minimum atomic E-state index is -0.497. The van der Waals surface area contributed by atoms with Gasteiger partial charge >= 0.3 is 0 Å². The van der Waals surface area contributed by atoms with Crippen LogP contribution in [0.3, 0.4) is 0 Å². The molecule has 0 aromatic heterocycles.